The molecule has 0 unspecified atom stereocenters. The summed E-state index contributed by atoms with van der Waals surface area (Å²) in [5, 5.41) is 10.5. The zero-order chi connectivity index (χ0) is 20.4. The van der Waals surface area contributed by atoms with Gasteiger partial charge in [-0.3, -0.25) is 4.79 Å². The van der Waals surface area contributed by atoms with Gasteiger partial charge in [-0.1, -0.05) is 23.7 Å². The number of anilines is 2. The minimum Gasteiger partial charge on any atom is -0.361 e. The Balaban J connectivity index is 1.73. The Kier molecular flexibility index (Phi) is 5.13. The first-order valence-corrected chi connectivity index (χ1v) is 9.39. The minimum atomic E-state index is -0.187. The van der Waals surface area contributed by atoms with Crippen LogP contribution in [0, 0.1) is 0 Å². The van der Waals surface area contributed by atoms with Crippen molar-refractivity contribution < 1.29 is 4.79 Å². The Morgan fingerprint density at radius 2 is 2.07 bits per heavy atom. The molecule has 148 valence electrons. The average molecular weight is 411 g/mol. The van der Waals surface area contributed by atoms with E-state index in [2.05, 4.69) is 40.9 Å². The maximum absolute atomic E-state index is 11.7. The number of fused-ring (bicyclic) bond motifs is 2. The molecule has 0 radical (unpaired) electrons. The predicted octanol–water partition coefficient (Wildman–Crippen LogP) is 2.89. The number of nitrogens with zero attached hydrogens (tertiary/aromatic N) is 4. The first-order chi connectivity index (χ1) is 14.1. The second-order valence-electron chi connectivity index (χ2n) is 6.45. The summed E-state index contributed by atoms with van der Waals surface area (Å²) in [4.78, 5) is 32.1. The highest BCUT2D eigenvalue weighted by atomic mass is 35.5. The fourth-order valence-corrected chi connectivity index (χ4v) is 3.28. The fraction of sp³-hybridized carbons (Fsp3) is 0.211. The zero-order valence-electron chi connectivity index (χ0n) is 15.8. The van der Waals surface area contributed by atoms with E-state index in [0.29, 0.717) is 33.3 Å². The summed E-state index contributed by atoms with van der Waals surface area (Å²) in [7, 11) is 1.59. The number of pyridine rings is 1. The quantitative estimate of drug-likeness (QED) is 0.385. The second-order valence-corrected chi connectivity index (χ2v) is 6.86. The topological polar surface area (TPSA) is 121 Å². The number of likely N-dealkylation sites (N-methyl/N-ethyl adjacent to an activating group) is 1. The summed E-state index contributed by atoms with van der Waals surface area (Å²) < 4.78 is 0. The van der Waals surface area contributed by atoms with Crippen LogP contribution in [-0.4, -0.2) is 44.4 Å². The Hall–Kier alpha value is -3.46. The summed E-state index contributed by atoms with van der Waals surface area (Å²) in [6, 6.07) is 7.43. The van der Waals surface area contributed by atoms with Crippen LogP contribution in [0.25, 0.3) is 22.1 Å². The molecule has 4 rings (SSSR count). The molecule has 0 aliphatic carbocycles. The number of halogens is 1. The zero-order valence-corrected chi connectivity index (χ0v) is 16.6. The molecule has 9 nitrogen and oxygen atoms in total. The van der Waals surface area contributed by atoms with Gasteiger partial charge in [-0.25, -0.2) is 19.9 Å². The molecular formula is C19H19ClN8O. The van der Waals surface area contributed by atoms with Gasteiger partial charge in [0.05, 0.1) is 29.5 Å². The van der Waals surface area contributed by atoms with Crippen molar-refractivity contribution in [2.45, 2.75) is 13.0 Å². The van der Waals surface area contributed by atoms with E-state index in [-0.39, 0.29) is 18.5 Å². The lowest BCUT2D eigenvalue weighted by Crippen LogP contribution is -2.27. The van der Waals surface area contributed by atoms with E-state index in [1.807, 2.05) is 25.1 Å². The van der Waals surface area contributed by atoms with E-state index >= 15 is 0 Å². The second kappa shape index (κ2) is 7.88. The Morgan fingerprint density at radius 3 is 2.90 bits per heavy atom. The molecule has 0 aliphatic heterocycles. The van der Waals surface area contributed by atoms with Gasteiger partial charge in [-0.15, -0.1) is 0 Å². The van der Waals surface area contributed by atoms with Crippen LogP contribution >= 0.6 is 11.6 Å². The number of rotatable bonds is 6. The maximum Gasteiger partial charge on any atom is 0.239 e. The summed E-state index contributed by atoms with van der Waals surface area (Å²) in [6.45, 7) is 2.08. The third kappa shape index (κ3) is 3.77. The van der Waals surface area contributed by atoms with E-state index in [4.69, 9.17) is 11.6 Å². The molecule has 29 heavy (non-hydrogen) atoms. The van der Waals surface area contributed by atoms with E-state index in [0.717, 1.165) is 10.9 Å². The molecule has 3 heterocycles. The van der Waals surface area contributed by atoms with E-state index < -0.39 is 0 Å². The number of para-hydroxylation sites is 1. The molecule has 4 aromatic rings. The highest BCUT2D eigenvalue weighted by Crippen LogP contribution is 2.31. The number of nitrogens with one attached hydrogen (secondary N) is 4. The van der Waals surface area contributed by atoms with Crippen molar-refractivity contribution >= 4 is 51.2 Å². The van der Waals surface area contributed by atoms with Gasteiger partial charge in [0.2, 0.25) is 5.91 Å². The van der Waals surface area contributed by atoms with Crippen LogP contribution in [0.5, 0.6) is 0 Å². The van der Waals surface area contributed by atoms with E-state index in [9.17, 15) is 4.79 Å². The van der Waals surface area contributed by atoms with Crippen molar-refractivity contribution in [1.29, 1.82) is 0 Å². The first kappa shape index (κ1) is 18.9. The fourth-order valence-electron chi connectivity index (χ4n) is 3.06. The smallest absolute Gasteiger partial charge is 0.239 e. The molecule has 1 amide bonds. The molecule has 0 aliphatic rings. The van der Waals surface area contributed by atoms with Gasteiger partial charge in [0.25, 0.3) is 0 Å². The number of hydrogen-bond acceptors (Lipinski definition) is 7. The SMILES string of the molecule is CNC(=O)CNc1nc2c(Cl)cccc2cc1[C@H](C)Nc1ncnc2[nH]cnc12. The normalized spacial score (nSPS) is 12.1. The number of benzene rings is 1. The molecular weight excluding hydrogens is 392 g/mol. The van der Waals surface area contributed by atoms with Crippen molar-refractivity contribution in [2.24, 2.45) is 0 Å². The predicted molar refractivity (Wildman–Crippen MR) is 113 cm³/mol. The Bertz CT molecular complexity index is 1190. The van der Waals surface area contributed by atoms with Crippen molar-refractivity contribution in [2.75, 3.05) is 24.2 Å². The standard InChI is InChI=1S/C19H19ClN8O/c1-10(27-19-16-18(24-8-23-16)25-9-26-19)12-6-11-4-3-5-13(20)15(11)28-17(12)22-7-14(29)21-2/h3-6,8-10H,7H2,1-2H3,(H,21,29)(H,22,28)(H2,23,24,25,26,27)/t10-/m0/s1. The molecule has 0 saturated carbocycles. The van der Waals surface area contributed by atoms with E-state index in [1.165, 1.54) is 6.33 Å². The van der Waals surface area contributed by atoms with Crippen molar-refractivity contribution in [3.8, 4) is 0 Å². The van der Waals surface area contributed by atoms with Crippen LogP contribution in [0.4, 0.5) is 11.6 Å². The molecule has 0 bridgehead atoms. The van der Waals surface area contributed by atoms with Crippen molar-refractivity contribution in [3.05, 3.63) is 47.5 Å². The van der Waals surface area contributed by atoms with Gasteiger partial charge in [-0.05, 0) is 19.1 Å². The highest BCUT2D eigenvalue weighted by molar-refractivity contribution is 6.35. The van der Waals surface area contributed by atoms with Crippen LogP contribution in [0.3, 0.4) is 0 Å². The lowest BCUT2D eigenvalue weighted by Gasteiger charge is -2.20. The lowest BCUT2D eigenvalue weighted by molar-refractivity contribution is -0.118. The van der Waals surface area contributed by atoms with Gasteiger partial charge in [0.15, 0.2) is 11.5 Å². The lowest BCUT2D eigenvalue weighted by atomic mass is 10.1. The molecule has 4 N–H and O–H groups in total. The largest absolute Gasteiger partial charge is 0.361 e. The molecule has 0 spiro atoms. The summed E-state index contributed by atoms with van der Waals surface area (Å²) in [5.74, 6) is 1.03. The van der Waals surface area contributed by atoms with Gasteiger partial charge < -0.3 is 20.9 Å². The van der Waals surface area contributed by atoms with Crippen molar-refractivity contribution in [3.63, 3.8) is 0 Å². The number of carbonyl (C=O) groups excluding carboxylic acids is 1. The molecule has 0 saturated heterocycles. The maximum atomic E-state index is 11.7. The molecule has 1 atom stereocenters. The Labute approximate surface area is 171 Å². The van der Waals surface area contributed by atoms with Crippen LogP contribution in [0.15, 0.2) is 36.9 Å². The number of hydrogen-bond donors (Lipinski definition) is 4. The van der Waals surface area contributed by atoms with Crippen LogP contribution in [0.2, 0.25) is 5.02 Å². The highest BCUT2D eigenvalue weighted by Gasteiger charge is 2.17. The number of carbonyl (C=O) groups is 1. The number of amides is 1. The minimum absolute atomic E-state index is 0.0935. The summed E-state index contributed by atoms with van der Waals surface area (Å²) >= 11 is 6.32. The number of aromatic amines is 1. The summed E-state index contributed by atoms with van der Waals surface area (Å²) in [6.07, 6.45) is 3.05. The van der Waals surface area contributed by atoms with Gasteiger partial charge >= 0.3 is 0 Å². The van der Waals surface area contributed by atoms with Crippen LogP contribution < -0.4 is 16.0 Å². The van der Waals surface area contributed by atoms with Gasteiger partial charge in [0, 0.05) is 18.0 Å². The van der Waals surface area contributed by atoms with Crippen molar-refractivity contribution in [1.82, 2.24) is 30.2 Å². The average Bonchev–Trinajstić information content (AvgIpc) is 3.21. The number of aromatic nitrogens is 5. The number of H-pyrrole nitrogens is 1. The monoisotopic (exact) mass is 410 g/mol. The molecule has 1 aromatic carbocycles. The van der Waals surface area contributed by atoms with Gasteiger partial charge in [-0.2, -0.15) is 0 Å². The van der Waals surface area contributed by atoms with Crippen LogP contribution in [-0.2, 0) is 4.79 Å². The van der Waals surface area contributed by atoms with Gasteiger partial charge in [0.1, 0.15) is 17.7 Å². The molecule has 10 heteroatoms. The van der Waals surface area contributed by atoms with E-state index in [1.54, 1.807) is 19.4 Å². The molecule has 3 aromatic heterocycles. The summed E-state index contributed by atoms with van der Waals surface area (Å²) in [5.41, 5.74) is 2.83. The first-order valence-electron chi connectivity index (χ1n) is 9.01. The third-order valence-corrected chi connectivity index (χ3v) is 4.86. The third-order valence-electron chi connectivity index (χ3n) is 4.56. The van der Waals surface area contributed by atoms with Crippen LogP contribution in [0.1, 0.15) is 18.5 Å². The molecule has 0 fully saturated rings. The number of imidazole rings is 1. The Morgan fingerprint density at radius 1 is 1.21 bits per heavy atom.